The molecule has 0 bridgehead atoms. The third-order valence-electron chi connectivity index (χ3n) is 3.77. The molecule has 1 atom stereocenters. The zero-order chi connectivity index (χ0) is 16.2. The summed E-state index contributed by atoms with van der Waals surface area (Å²) in [6.45, 7) is 1.24. The Morgan fingerprint density at radius 3 is 2.96 bits per heavy atom. The minimum atomic E-state index is -0.537. The van der Waals surface area contributed by atoms with Crippen LogP contribution in [0.3, 0.4) is 0 Å². The zero-order valence-corrected chi connectivity index (χ0v) is 13.8. The van der Waals surface area contributed by atoms with Crippen molar-refractivity contribution in [1.29, 1.82) is 0 Å². The van der Waals surface area contributed by atoms with Crippen molar-refractivity contribution in [1.82, 2.24) is 25.6 Å². The molecule has 1 aliphatic heterocycles. The van der Waals surface area contributed by atoms with Gasteiger partial charge in [-0.1, -0.05) is 29.5 Å². The maximum Gasteiger partial charge on any atom is 0.273 e. The Labute approximate surface area is 145 Å². The quantitative estimate of drug-likeness (QED) is 0.691. The number of nitrogens with one attached hydrogen (secondary N) is 2. The fraction of sp³-hybridized carbons (Fsp3) is 0.333. The van der Waals surface area contributed by atoms with E-state index in [1.807, 2.05) is 12.1 Å². The van der Waals surface area contributed by atoms with Gasteiger partial charge in [0.25, 0.3) is 5.91 Å². The first-order valence-corrected chi connectivity index (χ1v) is 7.41. The molecule has 0 spiro atoms. The number of benzene rings is 1. The Morgan fingerprint density at radius 1 is 1.38 bits per heavy atom. The number of fused-ring (bicyclic) bond motifs is 1. The second-order valence-corrected chi connectivity index (χ2v) is 5.43. The Balaban J connectivity index is 0.00000208. The van der Waals surface area contributed by atoms with Crippen LogP contribution in [0, 0.1) is 0 Å². The SMILES string of the molecule is Cl.NC(=O)Cn1cc(C(=O)NCC2NCCc3ccccc32)nn1. The minimum absolute atomic E-state index is 0. The average molecular weight is 351 g/mol. The van der Waals surface area contributed by atoms with Crippen LogP contribution in [-0.2, 0) is 17.8 Å². The molecule has 8 nitrogen and oxygen atoms in total. The van der Waals surface area contributed by atoms with Gasteiger partial charge in [0.15, 0.2) is 5.69 Å². The largest absolute Gasteiger partial charge is 0.368 e. The lowest BCUT2D eigenvalue weighted by Crippen LogP contribution is -2.38. The molecule has 24 heavy (non-hydrogen) atoms. The van der Waals surface area contributed by atoms with Crippen molar-refractivity contribution in [2.75, 3.05) is 13.1 Å². The summed E-state index contributed by atoms with van der Waals surface area (Å²) in [7, 11) is 0. The number of nitrogens with zero attached hydrogens (tertiary/aromatic N) is 3. The van der Waals surface area contributed by atoms with Crippen LogP contribution in [0.5, 0.6) is 0 Å². The van der Waals surface area contributed by atoms with E-state index in [1.165, 1.54) is 22.0 Å². The van der Waals surface area contributed by atoms with Gasteiger partial charge in [-0.05, 0) is 24.1 Å². The predicted molar refractivity (Wildman–Crippen MR) is 89.7 cm³/mol. The van der Waals surface area contributed by atoms with E-state index in [4.69, 9.17) is 5.73 Å². The minimum Gasteiger partial charge on any atom is -0.368 e. The molecule has 2 amide bonds. The average Bonchev–Trinajstić information content (AvgIpc) is 3.00. The summed E-state index contributed by atoms with van der Waals surface area (Å²) in [5.41, 5.74) is 7.75. The molecule has 4 N–H and O–H groups in total. The van der Waals surface area contributed by atoms with Gasteiger partial charge in [-0.25, -0.2) is 4.68 Å². The highest BCUT2D eigenvalue weighted by molar-refractivity contribution is 5.91. The highest BCUT2D eigenvalue weighted by Crippen LogP contribution is 2.21. The van der Waals surface area contributed by atoms with Crippen molar-refractivity contribution in [3.8, 4) is 0 Å². The summed E-state index contributed by atoms with van der Waals surface area (Å²) in [4.78, 5) is 22.9. The molecule has 1 aromatic heterocycles. The van der Waals surface area contributed by atoms with Crippen molar-refractivity contribution >= 4 is 24.2 Å². The first-order chi connectivity index (χ1) is 11.1. The smallest absolute Gasteiger partial charge is 0.273 e. The van der Waals surface area contributed by atoms with Gasteiger partial charge in [0.1, 0.15) is 6.54 Å². The van der Waals surface area contributed by atoms with E-state index in [-0.39, 0.29) is 36.6 Å². The number of aromatic nitrogens is 3. The van der Waals surface area contributed by atoms with Gasteiger partial charge >= 0.3 is 0 Å². The summed E-state index contributed by atoms with van der Waals surface area (Å²) in [5, 5.41) is 13.7. The molecule has 1 aliphatic rings. The lowest BCUT2D eigenvalue weighted by atomic mass is 9.94. The number of nitrogens with two attached hydrogens (primary N) is 1. The molecule has 2 aromatic rings. The third-order valence-corrected chi connectivity index (χ3v) is 3.77. The van der Waals surface area contributed by atoms with E-state index in [1.54, 1.807) is 0 Å². The van der Waals surface area contributed by atoms with Gasteiger partial charge in [0, 0.05) is 12.6 Å². The maximum atomic E-state index is 12.1. The van der Waals surface area contributed by atoms with Crippen molar-refractivity contribution in [3.05, 3.63) is 47.3 Å². The second-order valence-electron chi connectivity index (χ2n) is 5.43. The van der Waals surface area contributed by atoms with Gasteiger partial charge < -0.3 is 16.4 Å². The number of primary amides is 1. The number of halogens is 1. The van der Waals surface area contributed by atoms with Crippen LogP contribution < -0.4 is 16.4 Å². The molecule has 128 valence electrons. The maximum absolute atomic E-state index is 12.1. The Bertz CT molecular complexity index is 732. The predicted octanol–water partition coefficient (Wildman–Crippen LogP) is -0.198. The van der Waals surface area contributed by atoms with Gasteiger partial charge in [0.2, 0.25) is 5.91 Å². The highest BCUT2D eigenvalue weighted by Gasteiger charge is 2.20. The monoisotopic (exact) mass is 350 g/mol. The number of carbonyl (C=O) groups excluding carboxylic acids is 2. The van der Waals surface area contributed by atoms with E-state index in [2.05, 4.69) is 33.1 Å². The molecule has 0 radical (unpaired) electrons. The van der Waals surface area contributed by atoms with E-state index < -0.39 is 5.91 Å². The number of hydrogen-bond acceptors (Lipinski definition) is 5. The van der Waals surface area contributed by atoms with Gasteiger partial charge in [0.05, 0.1) is 6.20 Å². The normalized spacial score (nSPS) is 15.9. The van der Waals surface area contributed by atoms with E-state index in [0.717, 1.165) is 13.0 Å². The van der Waals surface area contributed by atoms with Crippen molar-refractivity contribution in [2.45, 2.75) is 19.0 Å². The van der Waals surface area contributed by atoms with Crippen LogP contribution in [0.2, 0.25) is 0 Å². The third kappa shape index (κ3) is 4.09. The van der Waals surface area contributed by atoms with Gasteiger partial charge in [-0.15, -0.1) is 17.5 Å². The van der Waals surface area contributed by atoms with Crippen LogP contribution in [0.4, 0.5) is 0 Å². The summed E-state index contributed by atoms with van der Waals surface area (Å²) in [6, 6.07) is 8.28. The molecular weight excluding hydrogens is 332 g/mol. The van der Waals surface area contributed by atoms with E-state index in [9.17, 15) is 9.59 Å². The number of rotatable bonds is 5. The topological polar surface area (TPSA) is 115 Å². The van der Waals surface area contributed by atoms with Crippen LogP contribution in [0.1, 0.15) is 27.7 Å². The van der Waals surface area contributed by atoms with Gasteiger partial charge in [-0.2, -0.15) is 0 Å². The summed E-state index contributed by atoms with van der Waals surface area (Å²) < 4.78 is 1.24. The first kappa shape index (κ1) is 17.9. The van der Waals surface area contributed by atoms with Crippen LogP contribution in [0.15, 0.2) is 30.5 Å². The van der Waals surface area contributed by atoms with Crippen molar-refractivity contribution < 1.29 is 9.59 Å². The molecule has 1 aromatic carbocycles. The van der Waals surface area contributed by atoms with Crippen LogP contribution in [-0.4, -0.2) is 39.9 Å². The summed E-state index contributed by atoms with van der Waals surface area (Å²) in [6.07, 6.45) is 2.39. The number of carbonyl (C=O) groups is 2. The Morgan fingerprint density at radius 2 is 2.17 bits per heavy atom. The second kappa shape index (κ2) is 7.89. The molecular formula is C15H19ClN6O2. The van der Waals surface area contributed by atoms with Gasteiger partial charge in [-0.3, -0.25) is 9.59 Å². The summed E-state index contributed by atoms with van der Waals surface area (Å²) in [5.74, 6) is -0.865. The molecule has 0 saturated carbocycles. The van der Waals surface area contributed by atoms with E-state index >= 15 is 0 Å². The van der Waals surface area contributed by atoms with Crippen molar-refractivity contribution in [2.24, 2.45) is 5.73 Å². The fourth-order valence-corrected chi connectivity index (χ4v) is 2.70. The summed E-state index contributed by atoms with van der Waals surface area (Å²) >= 11 is 0. The number of hydrogen-bond donors (Lipinski definition) is 3. The molecule has 1 unspecified atom stereocenters. The Hall–Kier alpha value is -2.45. The lowest BCUT2D eigenvalue weighted by Gasteiger charge is -2.26. The Kier molecular flexibility index (Phi) is 5.88. The molecule has 9 heteroatoms. The highest BCUT2D eigenvalue weighted by atomic mass is 35.5. The molecule has 0 fully saturated rings. The zero-order valence-electron chi connectivity index (χ0n) is 12.9. The molecule has 2 heterocycles. The number of amides is 2. The first-order valence-electron chi connectivity index (χ1n) is 7.41. The molecule has 3 rings (SSSR count). The van der Waals surface area contributed by atoms with Crippen LogP contribution in [0.25, 0.3) is 0 Å². The van der Waals surface area contributed by atoms with Crippen molar-refractivity contribution in [3.63, 3.8) is 0 Å². The fourth-order valence-electron chi connectivity index (χ4n) is 2.70. The molecule has 0 aliphatic carbocycles. The van der Waals surface area contributed by atoms with E-state index in [0.29, 0.717) is 6.54 Å². The van der Waals surface area contributed by atoms with Crippen LogP contribution >= 0.6 is 12.4 Å². The molecule has 0 saturated heterocycles. The standard InChI is InChI=1S/C15H18N6O2.ClH/c16-14(22)9-21-8-13(19-20-21)15(23)18-7-12-11-4-2-1-3-10(11)5-6-17-12;/h1-4,8,12,17H,5-7,9H2,(H2,16,22)(H,18,23);1H. The lowest BCUT2D eigenvalue weighted by molar-refractivity contribution is -0.118.